The molecule has 0 radical (unpaired) electrons. The highest BCUT2D eigenvalue weighted by Crippen LogP contribution is 2.44. The zero-order chi connectivity index (χ0) is 16.3. The largest absolute Gasteiger partial charge is 0.501 e. The first-order valence-electron chi connectivity index (χ1n) is 6.78. The van der Waals surface area contributed by atoms with E-state index in [9.17, 15) is 18.0 Å². The number of carbonyl (C=O) groups excluding carboxylic acids is 1. The fraction of sp³-hybridized carbons (Fsp3) is 0.400. The van der Waals surface area contributed by atoms with E-state index in [2.05, 4.69) is 5.32 Å². The summed E-state index contributed by atoms with van der Waals surface area (Å²) in [5, 5.41) is 2.73. The second kappa shape index (κ2) is 6.60. The molecule has 1 aromatic rings. The molecule has 1 N–H and O–H groups in total. The Balaban J connectivity index is 2.10. The van der Waals surface area contributed by atoms with Crippen molar-refractivity contribution >= 4 is 23.6 Å². The summed E-state index contributed by atoms with van der Waals surface area (Å²) in [5.41, 5.74) is 0.746. The predicted molar refractivity (Wildman–Crippen MR) is 77.5 cm³/mol. The van der Waals surface area contributed by atoms with Crippen molar-refractivity contribution in [1.82, 2.24) is 5.32 Å². The monoisotopic (exact) mass is 333 g/mol. The van der Waals surface area contributed by atoms with Crippen LogP contribution in [-0.4, -0.2) is 24.7 Å². The van der Waals surface area contributed by atoms with E-state index in [-0.39, 0.29) is 12.0 Å². The quantitative estimate of drug-likeness (QED) is 0.826. The minimum Gasteiger partial charge on any atom is -0.501 e. The van der Waals surface area contributed by atoms with Crippen LogP contribution in [0, 0.1) is 5.92 Å². The summed E-state index contributed by atoms with van der Waals surface area (Å²) >= 11 is 5.86. The predicted octanol–water partition coefficient (Wildman–Crippen LogP) is 4.03. The zero-order valence-corrected chi connectivity index (χ0v) is 12.5. The second-order valence-electron chi connectivity index (χ2n) is 4.95. The Hall–Kier alpha value is -1.69. The molecule has 2 atom stereocenters. The molecule has 7 heteroatoms. The van der Waals surface area contributed by atoms with Gasteiger partial charge in [-0.05, 0) is 37.1 Å². The molecule has 22 heavy (non-hydrogen) atoms. The molecule has 0 aliphatic heterocycles. The van der Waals surface area contributed by atoms with Gasteiger partial charge in [-0.25, -0.2) is 0 Å². The molecule has 1 aliphatic rings. The molecule has 0 saturated heterocycles. The number of amides is 1. The maximum atomic E-state index is 12.5. The van der Waals surface area contributed by atoms with Crippen LogP contribution >= 0.6 is 11.6 Å². The summed E-state index contributed by atoms with van der Waals surface area (Å²) in [6, 6.07) is 3.77. The second-order valence-corrected chi connectivity index (χ2v) is 5.39. The summed E-state index contributed by atoms with van der Waals surface area (Å²) in [6.45, 7) is 2.28. The Morgan fingerprint density at radius 2 is 2.23 bits per heavy atom. The fourth-order valence-electron chi connectivity index (χ4n) is 2.05. The molecule has 1 amide bonds. The van der Waals surface area contributed by atoms with Crippen molar-refractivity contribution in [2.24, 2.45) is 5.92 Å². The third-order valence-electron chi connectivity index (χ3n) is 3.30. The van der Waals surface area contributed by atoms with Crippen molar-refractivity contribution in [2.45, 2.75) is 25.6 Å². The van der Waals surface area contributed by atoms with Gasteiger partial charge in [0, 0.05) is 16.6 Å². The zero-order valence-electron chi connectivity index (χ0n) is 11.8. The van der Waals surface area contributed by atoms with E-state index < -0.39 is 24.0 Å². The standard InChI is InChI=1S/C15H15ClF3NO2/c1-2-22-6-5-9-3-4-10(16)7-11(9)14(21)20-13-8-12(13)15(17,18)19/h3-7,12-13H,2,8H2,1H3,(H,20,21)/b6-5+/t12-,13-/m0/s1. The maximum Gasteiger partial charge on any atom is 0.393 e. The molecule has 1 fully saturated rings. The van der Waals surface area contributed by atoms with Gasteiger partial charge in [-0.15, -0.1) is 0 Å². The first-order valence-corrected chi connectivity index (χ1v) is 7.16. The van der Waals surface area contributed by atoms with Gasteiger partial charge in [0.15, 0.2) is 0 Å². The van der Waals surface area contributed by atoms with Gasteiger partial charge in [0.25, 0.3) is 5.91 Å². The smallest absolute Gasteiger partial charge is 0.393 e. The lowest BCUT2D eigenvalue weighted by molar-refractivity contribution is -0.148. The molecular weight excluding hydrogens is 319 g/mol. The molecule has 1 saturated carbocycles. The van der Waals surface area contributed by atoms with Gasteiger partial charge in [0.2, 0.25) is 0 Å². The molecule has 0 heterocycles. The van der Waals surface area contributed by atoms with E-state index in [1.54, 1.807) is 18.2 Å². The van der Waals surface area contributed by atoms with E-state index in [1.807, 2.05) is 6.92 Å². The van der Waals surface area contributed by atoms with Crippen LogP contribution in [0.25, 0.3) is 6.08 Å². The van der Waals surface area contributed by atoms with Crippen LogP contribution in [0.3, 0.4) is 0 Å². The number of carbonyl (C=O) groups is 1. The molecule has 0 spiro atoms. The Morgan fingerprint density at radius 3 is 2.82 bits per heavy atom. The molecule has 3 nitrogen and oxygen atoms in total. The van der Waals surface area contributed by atoms with Gasteiger partial charge in [0.1, 0.15) is 0 Å². The molecular formula is C15H15ClF3NO2. The van der Waals surface area contributed by atoms with E-state index in [1.165, 1.54) is 12.3 Å². The summed E-state index contributed by atoms with van der Waals surface area (Å²) in [7, 11) is 0. The van der Waals surface area contributed by atoms with Crippen LogP contribution in [0.1, 0.15) is 29.3 Å². The lowest BCUT2D eigenvalue weighted by atomic mass is 10.1. The fourth-order valence-corrected chi connectivity index (χ4v) is 2.22. The summed E-state index contributed by atoms with van der Waals surface area (Å²) in [6.07, 6.45) is -1.36. The molecule has 120 valence electrons. The average molecular weight is 334 g/mol. The van der Waals surface area contributed by atoms with Crippen molar-refractivity contribution in [2.75, 3.05) is 6.61 Å². The topological polar surface area (TPSA) is 38.3 Å². The van der Waals surface area contributed by atoms with Crippen molar-refractivity contribution in [3.8, 4) is 0 Å². The maximum absolute atomic E-state index is 12.5. The number of nitrogens with one attached hydrogen (secondary N) is 1. The average Bonchev–Trinajstić information content (AvgIpc) is 3.20. The third kappa shape index (κ3) is 4.16. The van der Waals surface area contributed by atoms with Gasteiger partial charge in [0.05, 0.1) is 18.8 Å². The Bertz CT molecular complexity index is 587. The highest BCUT2D eigenvalue weighted by atomic mass is 35.5. The van der Waals surface area contributed by atoms with Gasteiger partial charge in [-0.2, -0.15) is 13.2 Å². The van der Waals surface area contributed by atoms with Gasteiger partial charge in [-0.1, -0.05) is 17.7 Å². The molecule has 1 aliphatic carbocycles. The van der Waals surface area contributed by atoms with Gasteiger partial charge < -0.3 is 10.1 Å². The van der Waals surface area contributed by atoms with Crippen molar-refractivity contribution < 1.29 is 22.7 Å². The molecule has 0 aromatic heterocycles. The third-order valence-corrected chi connectivity index (χ3v) is 3.53. The Labute approximate surface area is 131 Å². The van der Waals surface area contributed by atoms with E-state index >= 15 is 0 Å². The van der Waals surface area contributed by atoms with Crippen LogP contribution in [-0.2, 0) is 4.74 Å². The number of alkyl halides is 3. The van der Waals surface area contributed by atoms with Crippen LogP contribution in [0.5, 0.6) is 0 Å². The van der Waals surface area contributed by atoms with Gasteiger partial charge >= 0.3 is 6.18 Å². The minimum absolute atomic E-state index is 0.0834. The Kier molecular flexibility index (Phi) is 5.01. The van der Waals surface area contributed by atoms with Gasteiger partial charge in [-0.3, -0.25) is 4.79 Å². The van der Waals surface area contributed by atoms with Crippen molar-refractivity contribution in [1.29, 1.82) is 0 Å². The number of ether oxygens (including phenoxy) is 1. The summed E-state index contributed by atoms with van der Waals surface area (Å²) in [5.74, 6) is -2.03. The molecule has 0 bridgehead atoms. The number of hydrogen-bond acceptors (Lipinski definition) is 2. The van der Waals surface area contributed by atoms with E-state index in [4.69, 9.17) is 16.3 Å². The minimum atomic E-state index is -4.27. The SMILES string of the molecule is CCO/C=C/c1ccc(Cl)cc1C(=O)N[C@H]1C[C@@H]1C(F)(F)F. The lowest BCUT2D eigenvalue weighted by Crippen LogP contribution is -2.30. The van der Waals surface area contributed by atoms with E-state index in [0.29, 0.717) is 17.2 Å². The number of hydrogen-bond donors (Lipinski definition) is 1. The molecule has 0 unspecified atom stereocenters. The van der Waals surface area contributed by atoms with E-state index in [0.717, 1.165) is 0 Å². The van der Waals surface area contributed by atoms with Crippen LogP contribution in [0.2, 0.25) is 5.02 Å². The molecule has 2 rings (SSSR count). The number of halogens is 4. The normalized spacial score (nSPS) is 21.0. The molecule has 1 aromatic carbocycles. The highest BCUT2D eigenvalue weighted by molar-refractivity contribution is 6.31. The van der Waals surface area contributed by atoms with Crippen molar-refractivity contribution in [3.63, 3.8) is 0 Å². The highest BCUT2D eigenvalue weighted by Gasteiger charge is 2.56. The van der Waals surface area contributed by atoms with Crippen LogP contribution in [0.15, 0.2) is 24.5 Å². The number of benzene rings is 1. The first-order chi connectivity index (χ1) is 10.3. The lowest BCUT2D eigenvalue weighted by Gasteiger charge is -2.09. The van der Waals surface area contributed by atoms with Crippen molar-refractivity contribution in [3.05, 3.63) is 40.6 Å². The summed E-state index contributed by atoms with van der Waals surface area (Å²) < 4.78 is 42.5. The Morgan fingerprint density at radius 1 is 1.50 bits per heavy atom. The number of rotatable bonds is 5. The van der Waals surface area contributed by atoms with Crippen LogP contribution < -0.4 is 5.32 Å². The first kappa shape index (κ1) is 16.7. The van der Waals surface area contributed by atoms with Crippen LogP contribution in [0.4, 0.5) is 13.2 Å². The summed E-state index contributed by atoms with van der Waals surface area (Å²) in [4.78, 5) is 12.2.